The first-order valence-electron chi connectivity index (χ1n) is 4.74. The van der Waals surface area contributed by atoms with E-state index in [0.29, 0.717) is 0 Å². The quantitative estimate of drug-likeness (QED) is 0.748. The lowest BCUT2D eigenvalue weighted by molar-refractivity contribution is -0.141. The second-order valence-corrected chi connectivity index (χ2v) is 3.02. The van der Waals surface area contributed by atoms with Gasteiger partial charge in [-0.15, -0.1) is 0 Å². The summed E-state index contributed by atoms with van der Waals surface area (Å²) in [5, 5.41) is 10.9. The van der Waals surface area contributed by atoms with Crippen molar-refractivity contribution in [2.24, 2.45) is 0 Å². The average molecular weight is 234 g/mol. The van der Waals surface area contributed by atoms with Gasteiger partial charge in [0.25, 0.3) is 0 Å². The van der Waals surface area contributed by atoms with E-state index in [1.807, 2.05) is 6.07 Å². The normalized spacial score (nSPS) is 9.18. The van der Waals surface area contributed by atoms with E-state index in [1.165, 1.54) is 19.5 Å². The van der Waals surface area contributed by atoms with Crippen LogP contribution in [0.4, 0.5) is 5.82 Å². The monoisotopic (exact) mass is 234 g/mol. The van der Waals surface area contributed by atoms with Crippen LogP contribution in [-0.2, 0) is 14.3 Å². The van der Waals surface area contributed by atoms with Crippen LogP contribution in [0.25, 0.3) is 0 Å². The number of nitrogens with one attached hydrogen (secondary N) is 1. The van der Waals surface area contributed by atoms with Gasteiger partial charge in [0.05, 0.1) is 25.9 Å². The number of esters is 1. The van der Waals surface area contributed by atoms with Gasteiger partial charge in [0.1, 0.15) is 6.07 Å². The Morgan fingerprint density at radius 2 is 2.18 bits per heavy atom. The molecule has 0 atom stereocenters. The number of nitriles is 1. The summed E-state index contributed by atoms with van der Waals surface area (Å²) in [6, 6.07) is 1.81. The molecule has 1 heterocycles. The average Bonchev–Trinajstić information content (AvgIpc) is 2.36. The standard InChI is InChI=1S/C10H10N4O3/c1-17-10(16)3-2-9(15)14-8-6-12-7(4-11)5-13-8/h5-6H,2-3H2,1H3,(H,13,14,15). The molecule has 1 aromatic rings. The SMILES string of the molecule is COC(=O)CCC(=O)Nc1cnc(C#N)cn1. The Hall–Kier alpha value is -2.49. The van der Waals surface area contributed by atoms with Crippen LogP contribution >= 0.6 is 0 Å². The van der Waals surface area contributed by atoms with Gasteiger partial charge in [-0.05, 0) is 0 Å². The molecule has 7 heteroatoms. The number of anilines is 1. The fourth-order valence-corrected chi connectivity index (χ4v) is 0.973. The lowest BCUT2D eigenvalue weighted by atomic mass is 10.3. The number of ether oxygens (including phenoxy) is 1. The fraction of sp³-hybridized carbons (Fsp3) is 0.300. The van der Waals surface area contributed by atoms with Crippen molar-refractivity contribution in [3.05, 3.63) is 18.1 Å². The highest BCUT2D eigenvalue weighted by atomic mass is 16.5. The minimum Gasteiger partial charge on any atom is -0.469 e. The number of hydrogen-bond donors (Lipinski definition) is 1. The van der Waals surface area contributed by atoms with Crippen LogP contribution in [0.1, 0.15) is 18.5 Å². The van der Waals surface area contributed by atoms with E-state index >= 15 is 0 Å². The van der Waals surface area contributed by atoms with Crippen LogP contribution in [-0.4, -0.2) is 29.0 Å². The maximum Gasteiger partial charge on any atom is 0.306 e. The molecule has 1 rings (SSSR count). The zero-order valence-corrected chi connectivity index (χ0v) is 9.14. The number of carbonyl (C=O) groups is 2. The summed E-state index contributed by atoms with van der Waals surface area (Å²) in [7, 11) is 1.26. The van der Waals surface area contributed by atoms with E-state index in [0.717, 1.165) is 0 Å². The molecule has 0 unspecified atom stereocenters. The molecule has 0 aliphatic rings. The van der Waals surface area contributed by atoms with Crippen molar-refractivity contribution in [1.82, 2.24) is 9.97 Å². The summed E-state index contributed by atoms with van der Waals surface area (Å²) in [5.41, 5.74) is 0.164. The lowest BCUT2D eigenvalue weighted by Crippen LogP contribution is -2.15. The van der Waals surface area contributed by atoms with E-state index in [-0.39, 0.29) is 30.3 Å². The Labute approximate surface area is 97.4 Å². The number of nitrogens with zero attached hydrogens (tertiary/aromatic N) is 3. The molecule has 88 valence electrons. The third-order valence-electron chi connectivity index (χ3n) is 1.82. The first kappa shape index (κ1) is 12.6. The zero-order valence-electron chi connectivity index (χ0n) is 9.14. The molecular weight excluding hydrogens is 224 g/mol. The van der Waals surface area contributed by atoms with Gasteiger partial charge in [-0.2, -0.15) is 5.26 Å². The molecule has 17 heavy (non-hydrogen) atoms. The Balaban J connectivity index is 2.45. The lowest BCUT2D eigenvalue weighted by Gasteiger charge is -2.02. The van der Waals surface area contributed by atoms with Crippen molar-refractivity contribution in [3.63, 3.8) is 0 Å². The third kappa shape index (κ3) is 4.25. The van der Waals surface area contributed by atoms with E-state index < -0.39 is 5.97 Å². The predicted molar refractivity (Wildman–Crippen MR) is 56.6 cm³/mol. The van der Waals surface area contributed by atoms with Crippen LogP contribution < -0.4 is 5.32 Å². The highest BCUT2D eigenvalue weighted by molar-refractivity contribution is 5.91. The molecule has 0 fully saturated rings. The van der Waals surface area contributed by atoms with Crippen molar-refractivity contribution in [1.29, 1.82) is 5.26 Å². The summed E-state index contributed by atoms with van der Waals surface area (Å²) in [4.78, 5) is 29.7. The number of rotatable bonds is 4. The largest absolute Gasteiger partial charge is 0.469 e. The van der Waals surface area contributed by atoms with Crippen molar-refractivity contribution in [2.45, 2.75) is 12.8 Å². The molecule has 1 amide bonds. The number of carbonyl (C=O) groups excluding carboxylic acids is 2. The summed E-state index contributed by atoms with van der Waals surface area (Å²) in [6.07, 6.45) is 2.53. The molecule has 0 aliphatic carbocycles. The van der Waals surface area contributed by atoms with Crippen LogP contribution in [0.5, 0.6) is 0 Å². The van der Waals surface area contributed by atoms with Crippen LogP contribution in [0.2, 0.25) is 0 Å². The van der Waals surface area contributed by atoms with Crippen molar-refractivity contribution in [3.8, 4) is 6.07 Å². The zero-order chi connectivity index (χ0) is 12.7. The van der Waals surface area contributed by atoms with Crippen LogP contribution in [0, 0.1) is 11.3 Å². The smallest absolute Gasteiger partial charge is 0.306 e. The maximum absolute atomic E-state index is 11.3. The Morgan fingerprint density at radius 1 is 1.41 bits per heavy atom. The van der Waals surface area contributed by atoms with Crippen molar-refractivity contribution < 1.29 is 14.3 Å². The second-order valence-electron chi connectivity index (χ2n) is 3.02. The molecule has 0 spiro atoms. The molecular formula is C10H10N4O3. The maximum atomic E-state index is 11.3. The van der Waals surface area contributed by atoms with Gasteiger partial charge in [-0.25, -0.2) is 9.97 Å². The Kier molecular flexibility index (Phi) is 4.57. The van der Waals surface area contributed by atoms with Crippen LogP contribution in [0.3, 0.4) is 0 Å². The first-order chi connectivity index (χ1) is 8.15. The molecule has 0 aromatic carbocycles. The third-order valence-corrected chi connectivity index (χ3v) is 1.82. The molecule has 0 radical (unpaired) electrons. The van der Waals surface area contributed by atoms with E-state index in [4.69, 9.17) is 5.26 Å². The van der Waals surface area contributed by atoms with E-state index in [9.17, 15) is 9.59 Å². The fourth-order valence-electron chi connectivity index (χ4n) is 0.973. The molecule has 0 saturated carbocycles. The minimum absolute atomic E-state index is 0.00599. The highest BCUT2D eigenvalue weighted by Crippen LogP contribution is 2.02. The van der Waals surface area contributed by atoms with E-state index in [2.05, 4.69) is 20.0 Å². The van der Waals surface area contributed by atoms with Gasteiger partial charge in [-0.1, -0.05) is 0 Å². The first-order valence-corrected chi connectivity index (χ1v) is 4.74. The van der Waals surface area contributed by atoms with E-state index in [1.54, 1.807) is 0 Å². The van der Waals surface area contributed by atoms with Gasteiger partial charge < -0.3 is 10.1 Å². The minimum atomic E-state index is -0.453. The summed E-state index contributed by atoms with van der Waals surface area (Å²) in [6.45, 7) is 0. The topological polar surface area (TPSA) is 105 Å². The molecule has 1 aromatic heterocycles. The van der Waals surface area contributed by atoms with Gasteiger partial charge in [-0.3, -0.25) is 9.59 Å². The molecule has 7 nitrogen and oxygen atoms in total. The van der Waals surface area contributed by atoms with Gasteiger partial charge in [0.2, 0.25) is 5.91 Å². The van der Waals surface area contributed by atoms with Gasteiger partial charge in [0, 0.05) is 6.42 Å². The number of amides is 1. The predicted octanol–water partition coefficient (Wildman–Crippen LogP) is 0.240. The van der Waals surface area contributed by atoms with Gasteiger partial charge in [0.15, 0.2) is 11.5 Å². The molecule has 0 bridgehead atoms. The Morgan fingerprint density at radius 3 is 2.71 bits per heavy atom. The highest BCUT2D eigenvalue weighted by Gasteiger charge is 2.07. The number of aromatic nitrogens is 2. The summed E-state index contributed by atoms with van der Waals surface area (Å²) in [5.74, 6) is -0.584. The second kappa shape index (κ2) is 6.17. The Bertz CT molecular complexity index is 450. The van der Waals surface area contributed by atoms with Gasteiger partial charge >= 0.3 is 5.97 Å². The summed E-state index contributed by atoms with van der Waals surface area (Å²) < 4.78 is 4.40. The van der Waals surface area contributed by atoms with Crippen molar-refractivity contribution >= 4 is 17.7 Å². The van der Waals surface area contributed by atoms with Crippen LogP contribution in [0.15, 0.2) is 12.4 Å². The van der Waals surface area contributed by atoms with Crippen molar-refractivity contribution in [2.75, 3.05) is 12.4 Å². The molecule has 1 N–H and O–H groups in total. The number of hydrogen-bond acceptors (Lipinski definition) is 6. The molecule has 0 aliphatic heterocycles. The molecule has 0 saturated heterocycles. The number of methoxy groups -OCH3 is 1. The summed E-state index contributed by atoms with van der Waals surface area (Å²) >= 11 is 0.